The van der Waals surface area contributed by atoms with Gasteiger partial charge in [-0.3, -0.25) is 0 Å². The molecule has 0 unspecified atom stereocenters. The standard InChI is InChI=1S/C11H21N3O/c1-11(3-6-12-7-4-11)9-14-8-2-5-13-10(14)15/h12H,2-9H2,1H3,(H,13,15). The zero-order valence-electron chi connectivity index (χ0n) is 9.51. The van der Waals surface area contributed by atoms with E-state index in [9.17, 15) is 4.79 Å². The number of carbonyl (C=O) groups excluding carboxylic acids is 1. The molecule has 2 amide bonds. The second-order valence-electron chi connectivity index (χ2n) is 5.07. The van der Waals surface area contributed by atoms with Gasteiger partial charge in [-0.25, -0.2) is 4.79 Å². The van der Waals surface area contributed by atoms with Gasteiger partial charge in [-0.1, -0.05) is 6.92 Å². The van der Waals surface area contributed by atoms with Crippen LogP contribution in [0.15, 0.2) is 0 Å². The predicted molar refractivity (Wildman–Crippen MR) is 59.8 cm³/mol. The van der Waals surface area contributed by atoms with Crippen LogP contribution in [0.4, 0.5) is 4.79 Å². The van der Waals surface area contributed by atoms with Crippen LogP contribution < -0.4 is 10.6 Å². The molecule has 2 aliphatic rings. The summed E-state index contributed by atoms with van der Waals surface area (Å²) in [5.74, 6) is 0. The van der Waals surface area contributed by atoms with Crippen LogP contribution >= 0.6 is 0 Å². The molecule has 0 aliphatic carbocycles. The molecule has 2 aliphatic heterocycles. The lowest BCUT2D eigenvalue weighted by atomic mass is 9.80. The summed E-state index contributed by atoms with van der Waals surface area (Å²) in [6, 6.07) is 0.126. The number of nitrogens with zero attached hydrogens (tertiary/aromatic N) is 1. The first-order valence-corrected chi connectivity index (χ1v) is 5.93. The summed E-state index contributed by atoms with van der Waals surface area (Å²) in [5, 5.41) is 6.28. The van der Waals surface area contributed by atoms with Gasteiger partial charge in [0.05, 0.1) is 0 Å². The average molecular weight is 211 g/mol. The third kappa shape index (κ3) is 2.62. The summed E-state index contributed by atoms with van der Waals surface area (Å²) in [5.41, 5.74) is 0.319. The number of hydrogen-bond acceptors (Lipinski definition) is 2. The molecule has 4 nitrogen and oxygen atoms in total. The average Bonchev–Trinajstić information content (AvgIpc) is 2.22. The molecule has 0 spiro atoms. The van der Waals surface area contributed by atoms with E-state index in [-0.39, 0.29) is 6.03 Å². The predicted octanol–water partition coefficient (Wildman–Crippen LogP) is 0.791. The highest BCUT2D eigenvalue weighted by atomic mass is 16.2. The van der Waals surface area contributed by atoms with E-state index in [4.69, 9.17) is 0 Å². The van der Waals surface area contributed by atoms with Crippen molar-refractivity contribution >= 4 is 6.03 Å². The summed E-state index contributed by atoms with van der Waals surface area (Å²) >= 11 is 0. The van der Waals surface area contributed by atoms with Crippen molar-refractivity contribution in [1.29, 1.82) is 0 Å². The van der Waals surface area contributed by atoms with Gasteiger partial charge in [0, 0.05) is 19.6 Å². The third-order valence-corrected chi connectivity index (χ3v) is 3.55. The molecular weight excluding hydrogens is 190 g/mol. The van der Waals surface area contributed by atoms with Crippen molar-refractivity contribution in [3.05, 3.63) is 0 Å². The fourth-order valence-corrected chi connectivity index (χ4v) is 2.48. The number of piperidine rings is 1. The molecular formula is C11H21N3O. The maximum Gasteiger partial charge on any atom is 0.317 e. The van der Waals surface area contributed by atoms with Crippen molar-refractivity contribution in [3.8, 4) is 0 Å². The molecule has 0 bridgehead atoms. The van der Waals surface area contributed by atoms with Crippen LogP contribution in [-0.4, -0.2) is 43.7 Å². The second kappa shape index (κ2) is 4.39. The SMILES string of the molecule is CC1(CN2CCCNC2=O)CCNCC1. The topological polar surface area (TPSA) is 44.4 Å². The van der Waals surface area contributed by atoms with Gasteiger partial charge in [0.15, 0.2) is 0 Å². The van der Waals surface area contributed by atoms with Crippen molar-refractivity contribution in [2.24, 2.45) is 5.41 Å². The first-order valence-electron chi connectivity index (χ1n) is 5.93. The lowest BCUT2D eigenvalue weighted by molar-refractivity contribution is 0.126. The summed E-state index contributed by atoms with van der Waals surface area (Å²) in [6.45, 7) is 7.16. The molecule has 4 heteroatoms. The molecule has 86 valence electrons. The molecule has 2 N–H and O–H groups in total. The number of nitrogens with one attached hydrogen (secondary N) is 2. The van der Waals surface area contributed by atoms with Crippen LogP contribution in [-0.2, 0) is 0 Å². The van der Waals surface area contributed by atoms with Gasteiger partial charge in [-0.15, -0.1) is 0 Å². The normalized spacial score (nSPS) is 26.2. The molecule has 2 heterocycles. The Morgan fingerprint density at radius 1 is 1.33 bits per heavy atom. The van der Waals surface area contributed by atoms with Gasteiger partial charge in [0.1, 0.15) is 0 Å². The van der Waals surface area contributed by atoms with Crippen LogP contribution in [0, 0.1) is 5.41 Å². The van der Waals surface area contributed by atoms with Crippen molar-refractivity contribution in [2.45, 2.75) is 26.2 Å². The van der Waals surface area contributed by atoms with Gasteiger partial charge in [-0.05, 0) is 37.8 Å². The first kappa shape index (κ1) is 10.7. The summed E-state index contributed by atoms with van der Waals surface area (Å²) in [6.07, 6.45) is 3.44. The van der Waals surface area contributed by atoms with E-state index in [0.29, 0.717) is 5.41 Å². The lowest BCUT2D eigenvalue weighted by Crippen LogP contribution is -2.51. The number of urea groups is 1. The van der Waals surface area contributed by atoms with Gasteiger partial charge in [0.25, 0.3) is 0 Å². The third-order valence-electron chi connectivity index (χ3n) is 3.55. The highest BCUT2D eigenvalue weighted by Gasteiger charge is 2.31. The lowest BCUT2D eigenvalue weighted by Gasteiger charge is -2.39. The van der Waals surface area contributed by atoms with Gasteiger partial charge >= 0.3 is 6.03 Å². The molecule has 0 saturated carbocycles. The molecule has 0 aromatic carbocycles. The first-order chi connectivity index (χ1) is 7.20. The Morgan fingerprint density at radius 2 is 2.07 bits per heavy atom. The monoisotopic (exact) mass is 211 g/mol. The van der Waals surface area contributed by atoms with Crippen LogP contribution in [0.1, 0.15) is 26.2 Å². The van der Waals surface area contributed by atoms with E-state index >= 15 is 0 Å². The molecule has 2 fully saturated rings. The van der Waals surface area contributed by atoms with Crippen molar-refractivity contribution in [2.75, 3.05) is 32.7 Å². The van der Waals surface area contributed by atoms with Crippen molar-refractivity contribution < 1.29 is 4.79 Å². The molecule has 15 heavy (non-hydrogen) atoms. The highest BCUT2D eigenvalue weighted by molar-refractivity contribution is 5.74. The Balaban J connectivity index is 1.91. The minimum atomic E-state index is 0.126. The van der Waals surface area contributed by atoms with Crippen LogP contribution in [0.2, 0.25) is 0 Å². The molecule has 0 aromatic rings. The zero-order chi connectivity index (χ0) is 10.7. The minimum absolute atomic E-state index is 0.126. The van der Waals surface area contributed by atoms with E-state index in [1.807, 2.05) is 4.90 Å². The van der Waals surface area contributed by atoms with E-state index in [1.54, 1.807) is 0 Å². The highest BCUT2D eigenvalue weighted by Crippen LogP contribution is 2.29. The Labute approximate surface area is 91.4 Å². The quantitative estimate of drug-likeness (QED) is 0.709. The minimum Gasteiger partial charge on any atom is -0.338 e. The molecule has 2 saturated heterocycles. The van der Waals surface area contributed by atoms with Gasteiger partial charge in [-0.2, -0.15) is 0 Å². The van der Waals surface area contributed by atoms with E-state index in [2.05, 4.69) is 17.6 Å². The Kier molecular flexibility index (Phi) is 3.14. The maximum absolute atomic E-state index is 11.6. The maximum atomic E-state index is 11.6. The smallest absolute Gasteiger partial charge is 0.317 e. The molecule has 0 aromatic heterocycles. The van der Waals surface area contributed by atoms with Gasteiger partial charge < -0.3 is 15.5 Å². The largest absolute Gasteiger partial charge is 0.338 e. The molecule has 2 rings (SSSR count). The summed E-state index contributed by atoms with van der Waals surface area (Å²) in [4.78, 5) is 13.6. The number of rotatable bonds is 2. The second-order valence-corrected chi connectivity index (χ2v) is 5.07. The fraction of sp³-hybridized carbons (Fsp3) is 0.909. The van der Waals surface area contributed by atoms with Crippen molar-refractivity contribution in [3.63, 3.8) is 0 Å². The Hall–Kier alpha value is -0.770. The van der Waals surface area contributed by atoms with E-state index < -0.39 is 0 Å². The zero-order valence-corrected chi connectivity index (χ0v) is 9.51. The van der Waals surface area contributed by atoms with Crippen LogP contribution in [0.5, 0.6) is 0 Å². The molecule has 0 radical (unpaired) electrons. The summed E-state index contributed by atoms with van der Waals surface area (Å²) < 4.78 is 0. The number of amides is 2. The van der Waals surface area contributed by atoms with Crippen LogP contribution in [0.3, 0.4) is 0 Å². The molecule has 0 atom stereocenters. The van der Waals surface area contributed by atoms with E-state index in [0.717, 1.165) is 39.1 Å². The Bertz CT molecular complexity index is 236. The van der Waals surface area contributed by atoms with Crippen LogP contribution in [0.25, 0.3) is 0 Å². The van der Waals surface area contributed by atoms with Crippen molar-refractivity contribution in [1.82, 2.24) is 15.5 Å². The van der Waals surface area contributed by atoms with Gasteiger partial charge in [0.2, 0.25) is 0 Å². The summed E-state index contributed by atoms with van der Waals surface area (Å²) in [7, 11) is 0. The fourth-order valence-electron chi connectivity index (χ4n) is 2.48. The number of hydrogen-bond donors (Lipinski definition) is 2. The van der Waals surface area contributed by atoms with E-state index in [1.165, 1.54) is 12.8 Å². The number of carbonyl (C=O) groups is 1. The Morgan fingerprint density at radius 3 is 2.73 bits per heavy atom.